The third-order valence-corrected chi connectivity index (χ3v) is 5.43. The van der Waals surface area contributed by atoms with Gasteiger partial charge in [-0.25, -0.2) is 13.2 Å². The number of rotatable bonds is 3. The van der Waals surface area contributed by atoms with Crippen molar-refractivity contribution in [3.8, 4) is 0 Å². The van der Waals surface area contributed by atoms with E-state index in [2.05, 4.69) is 37.4 Å². The molecule has 1 N–H and O–H groups in total. The number of benzene rings is 1. The van der Waals surface area contributed by atoms with Gasteiger partial charge < -0.3 is 10.2 Å². The summed E-state index contributed by atoms with van der Waals surface area (Å²) in [6, 6.07) is 6.21. The number of urea groups is 1. The molecule has 5 nitrogen and oxygen atoms in total. The van der Waals surface area contributed by atoms with Gasteiger partial charge >= 0.3 is 6.03 Å². The van der Waals surface area contributed by atoms with Crippen LogP contribution in [0.4, 0.5) is 4.79 Å². The zero-order chi connectivity index (χ0) is 16.3. The largest absolute Gasteiger partial charge is 0.335 e. The topological polar surface area (TPSA) is 66.5 Å². The number of nitrogens with zero attached hydrogens (tertiary/aromatic N) is 1. The number of carbonyl (C=O) groups is 1. The molecule has 2 rings (SSSR count). The van der Waals surface area contributed by atoms with Crippen LogP contribution in [-0.4, -0.2) is 50.0 Å². The van der Waals surface area contributed by atoms with Crippen LogP contribution in [0, 0.1) is 13.8 Å². The van der Waals surface area contributed by atoms with Gasteiger partial charge in [-0.05, 0) is 32.8 Å². The number of sulfone groups is 1. The molecule has 1 heterocycles. The fourth-order valence-electron chi connectivity index (χ4n) is 2.81. The van der Waals surface area contributed by atoms with Gasteiger partial charge in [0.15, 0.2) is 9.84 Å². The number of aryl methyl sites for hydroxylation is 2. The molecule has 0 saturated carbocycles. The van der Waals surface area contributed by atoms with Gasteiger partial charge in [-0.15, -0.1) is 0 Å². The molecule has 22 heavy (non-hydrogen) atoms. The molecule has 0 spiro atoms. The van der Waals surface area contributed by atoms with Crippen LogP contribution in [0.25, 0.3) is 0 Å². The summed E-state index contributed by atoms with van der Waals surface area (Å²) in [5.74, 6) is 0.123. The molecule has 0 aliphatic carbocycles. The van der Waals surface area contributed by atoms with Crippen molar-refractivity contribution in [3.63, 3.8) is 0 Å². The van der Waals surface area contributed by atoms with Crippen LogP contribution < -0.4 is 5.32 Å². The summed E-state index contributed by atoms with van der Waals surface area (Å²) in [5, 5.41) is 2.96. The summed E-state index contributed by atoms with van der Waals surface area (Å²) in [7, 11) is -2.96. The average Bonchev–Trinajstić information content (AvgIpc) is 2.36. The first-order valence-electron chi connectivity index (χ1n) is 7.58. The minimum Gasteiger partial charge on any atom is -0.335 e. The van der Waals surface area contributed by atoms with Crippen LogP contribution in [-0.2, 0) is 16.3 Å². The van der Waals surface area contributed by atoms with Crippen molar-refractivity contribution in [1.29, 1.82) is 0 Å². The molecule has 2 amide bonds. The number of amides is 2. The maximum atomic E-state index is 12.2. The van der Waals surface area contributed by atoms with Gasteiger partial charge in [-0.2, -0.15) is 0 Å². The summed E-state index contributed by atoms with van der Waals surface area (Å²) >= 11 is 0. The van der Waals surface area contributed by atoms with E-state index in [9.17, 15) is 13.2 Å². The van der Waals surface area contributed by atoms with Crippen molar-refractivity contribution in [2.45, 2.75) is 33.2 Å². The van der Waals surface area contributed by atoms with Crippen molar-refractivity contribution in [1.82, 2.24) is 10.2 Å². The van der Waals surface area contributed by atoms with Crippen molar-refractivity contribution in [2.24, 2.45) is 0 Å². The normalized spacial score (nSPS) is 18.8. The zero-order valence-electron chi connectivity index (χ0n) is 13.4. The lowest BCUT2D eigenvalue weighted by atomic mass is 10.0. The second-order valence-electron chi connectivity index (χ2n) is 6.19. The highest BCUT2D eigenvalue weighted by atomic mass is 32.2. The van der Waals surface area contributed by atoms with E-state index < -0.39 is 9.84 Å². The van der Waals surface area contributed by atoms with Crippen LogP contribution in [0.2, 0.25) is 0 Å². The summed E-state index contributed by atoms with van der Waals surface area (Å²) < 4.78 is 22.8. The van der Waals surface area contributed by atoms with E-state index >= 15 is 0 Å². The maximum Gasteiger partial charge on any atom is 0.317 e. The quantitative estimate of drug-likeness (QED) is 0.920. The van der Waals surface area contributed by atoms with Crippen LogP contribution in [0.5, 0.6) is 0 Å². The van der Waals surface area contributed by atoms with Crippen molar-refractivity contribution in [3.05, 3.63) is 34.9 Å². The van der Waals surface area contributed by atoms with Gasteiger partial charge in [0.2, 0.25) is 0 Å². The van der Waals surface area contributed by atoms with Crippen molar-refractivity contribution in [2.75, 3.05) is 24.6 Å². The summed E-state index contributed by atoms with van der Waals surface area (Å²) in [5.41, 5.74) is 3.64. The van der Waals surface area contributed by atoms with Gasteiger partial charge in [0.1, 0.15) is 0 Å². The van der Waals surface area contributed by atoms with E-state index in [1.54, 1.807) is 4.90 Å². The second-order valence-corrected chi connectivity index (χ2v) is 8.49. The Hall–Kier alpha value is -1.56. The van der Waals surface area contributed by atoms with Crippen LogP contribution in [0.3, 0.4) is 0 Å². The molecule has 1 fully saturated rings. The predicted octanol–water partition coefficient (Wildman–Crippen LogP) is 1.67. The van der Waals surface area contributed by atoms with Gasteiger partial charge in [0, 0.05) is 19.1 Å². The smallest absolute Gasteiger partial charge is 0.317 e. The lowest BCUT2D eigenvalue weighted by Crippen LogP contribution is -2.50. The van der Waals surface area contributed by atoms with E-state index in [4.69, 9.17) is 0 Å². The molecule has 0 aromatic heterocycles. The molecule has 0 unspecified atom stereocenters. The summed E-state index contributed by atoms with van der Waals surface area (Å²) in [6.45, 7) is 6.66. The Morgan fingerprint density at radius 3 is 2.27 bits per heavy atom. The lowest BCUT2D eigenvalue weighted by molar-refractivity contribution is 0.199. The molecule has 122 valence electrons. The Morgan fingerprint density at radius 2 is 1.73 bits per heavy atom. The molecule has 1 aliphatic heterocycles. The third kappa shape index (κ3) is 4.73. The SMILES string of the molecule is Cc1cc(C)cc(C[C@@H](C)NC(=O)N2CCS(=O)(=O)CC2)c1. The van der Waals surface area contributed by atoms with E-state index in [0.717, 1.165) is 6.42 Å². The van der Waals surface area contributed by atoms with Crippen LogP contribution in [0.1, 0.15) is 23.6 Å². The molecule has 1 saturated heterocycles. The lowest BCUT2D eigenvalue weighted by Gasteiger charge is -2.28. The predicted molar refractivity (Wildman–Crippen MR) is 87.8 cm³/mol. The first-order chi connectivity index (χ1) is 10.2. The molecule has 1 aliphatic rings. The first kappa shape index (κ1) is 16.8. The van der Waals surface area contributed by atoms with Crippen LogP contribution >= 0.6 is 0 Å². The number of hydrogen-bond donors (Lipinski definition) is 1. The molecule has 1 atom stereocenters. The third-order valence-electron chi connectivity index (χ3n) is 3.82. The molecule has 1 aromatic carbocycles. The fraction of sp³-hybridized carbons (Fsp3) is 0.562. The Kier molecular flexibility index (Phi) is 5.11. The number of nitrogens with one attached hydrogen (secondary N) is 1. The maximum absolute atomic E-state index is 12.2. The Morgan fingerprint density at radius 1 is 1.18 bits per heavy atom. The first-order valence-corrected chi connectivity index (χ1v) is 9.40. The molecule has 0 radical (unpaired) electrons. The van der Waals surface area contributed by atoms with E-state index in [0.29, 0.717) is 0 Å². The van der Waals surface area contributed by atoms with Gasteiger partial charge in [0.25, 0.3) is 0 Å². The Labute approximate surface area is 132 Å². The average molecular weight is 324 g/mol. The highest BCUT2D eigenvalue weighted by molar-refractivity contribution is 7.91. The zero-order valence-corrected chi connectivity index (χ0v) is 14.2. The van der Waals surface area contributed by atoms with Gasteiger partial charge in [0.05, 0.1) is 11.5 Å². The number of carbonyl (C=O) groups excluding carboxylic acids is 1. The van der Waals surface area contributed by atoms with Gasteiger partial charge in [-0.3, -0.25) is 0 Å². The Balaban J connectivity index is 1.89. The van der Waals surface area contributed by atoms with E-state index in [1.807, 2.05) is 6.92 Å². The second kappa shape index (κ2) is 6.69. The van der Waals surface area contributed by atoms with Crippen molar-refractivity contribution >= 4 is 15.9 Å². The fourth-order valence-corrected chi connectivity index (χ4v) is 4.01. The van der Waals surface area contributed by atoms with Gasteiger partial charge in [-0.1, -0.05) is 29.3 Å². The molecular weight excluding hydrogens is 300 g/mol. The summed E-state index contributed by atoms with van der Waals surface area (Å²) in [4.78, 5) is 13.7. The van der Waals surface area contributed by atoms with E-state index in [1.165, 1.54) is 16.7 Å². The summed E-state index contributed by atoms with van der Waals surface area (Å²) in [6.07, 6.45) is 0.764. The standard InChI is InChI=1S/C16H24N2O3S/c1-12-8-13(2)10-15(9-12)11-14(3)17-16(19)18-4-6-22(20,21)7-5-18/h8-10,14H,4-7,11H2,1-3H3,(H,17,19)/t14-/m1/s1. The Bertz CT molecular complexity index is 621. The van der Waals surface area contributed by atoms with E-state index in [-0.39, 0.29) is 36.7 Å². The molecule has 1 aromatic rings. The minimum atomic E-state index is -2.96. The molecule has 0 bridgehead atoms. The highest BCUT2D eigenvalue weighted by Crippen LogP contribution is 2.11. The van der Waals surface area contributed by atoms with Crippen molar-refractivity contribution < 1.29 is 13.2 Å². The monoisotopic (exact) mass is 324 g/mol. The highest BCUT2D eigenvalue weighted by Gasteiger charge is 2.25. The number of hydrogen-bond acceptors (Lipinski definition) is 3. The van der Waals surface area contributed by atoms with Crippen LogP contribution in [0.15, 0.2) is 18.2 Å². The minimum absolute atomic E-state index is 0.00670. The molecular formula is C16H24N2O3S. The molecule has 6 heteroatoms.